The summed E-state index contributed by atoms with van der Waals surface area (Å²) in [5.41, 5.74) is 2.70. The van der Waals surface area contributed by atoms with Crippen LogP contribution in [0.15, 0.2) is 60.0 Å². The van der Waals surface area contributed by atoms with Gasteiger partial charge in [-0.15, -0.1) is 0 Å². The van der Waals surface area contributed by atoms with Gasteiger partial charge in [0.2, 0.25) is 0 Å². The van der Waals surface area contributed by atoms with E-state index in [1.165, 1.54) is 0 Å². The smallest absolute Gasteiger partial charge is 0.272 e. The Morgan fingerprint density at radius 2 is 1.88 bits per heavy atom. The first kappa shape index (κ1) is 14.9. The van der Waals surface area contributed by atoms with Gasteiger partial charge in [0.1, 0.15) is 5.71 Å². The lowest BCUT2D eigenvalue weighted by Gasteiger charge is -2.24. The molecule has 2 atom stereocenters. The predicted octanol–water partition coefficient (Wildman–Crippen LogP) is 3.26. The standard InChI is InChI=1S/C19H19N3O2/c23-19(16-13-18(24-21-16)15-5-2-1-3-6-15)22-12-4-7-17(22)14-8-10-20-11-9-14/h1-3,5-6,8-11,17-18H,4,7,12-13H2/t17-,18-/m0/s1. The van der Waals surface area contributed by atoms with Gasteiger partial charge in [-0.25, -0.2) is 0 Å². The van der Waals surface area contributed by atoms with Gasteiger partial charge in [-0.2, -0.15) is 0 Å². The van der Waals surface area contributed by atoms with Crippen molar-refractivity contribution in [3.05, 3.63) is 66.0 Å². The minimum atomic E-state index is -0.160. The molecule has 5 nitrogen and oxygen atoms in total. The molecule has 1 amide bonds. The van der Waals surface area contributed by atoms with Gasteiger partial charge >= 0.3 is 0 Å². The molecule has 1 aromatic heterocycles. The number of oxime groups is 1. The summed E-state index contributed by atoms with van der Waals surface area (Å²) in [5, 5.41) is 4.08. The number of hydrogen-bond acceptors (Lipinski definition) is 4. The number of carbonyl (C=O) groups is 1. The zero-order valence-corrected chi connectivity index (χ0v) is 13.3. The maximum atomic E-state index is 12.9. The molecule has 1 saturated heterocycles. The average Bonchev–Trinajstić information content (AvgIpc) is 3.32. The molecule has 3 heterocycles. The molecule has 0 aliphatic carbocycles. The minimum absolute atomic E-state index is 0.00672. The van der Waals surface area contributed by atoms with E-state index in [4.69, 9.17) is 4.84 Å². The second-order valence-electron chi connectivity index (χ2n) is 6.18. The minimum Gasteiger partial charge on any atom is -0.387 e. The van der Waals surface area contributed by atoms with Gasteiger partial charge in [0.25, 0.3) is 5.91 Å². The van der Waals surface area contributed by atoms with E-state index in [9.17, 15) is 4.79 Å². The summed E-state index contributed by atoms with van der Waals surface area (Å²) in [5.74, 6) is -0.00672. The highest BCUT2D eigenvalue weighted by Gasteiger charge is 2.36. The van der Waals surface area contributed by atoms with Crippen LogP contribution in [0.3, 0.4) is 0 Å². The number of likely N-dealkylation sites (tertiary alicyclic amines) is 1. The average molecular weight is 321 g/mol. The van der Waals surface area contributed by atoms with Crippen LogP contribution in [0.5, 0.6) is 0 Å². The second kappa shape index (κ2) is 6.43. The van der Waals surface area contributed by atoms with Crippen molar-refractivity contribution in [3.8, 4) is 0 Å². The molecule has 1 fully saturated rings. The molecule has 2 aromatic rings. The van der Waals surface area contributed by atoms with Crippen LogP contribution in [0.2, 0.25) is 0 Å². The van der Waals surface area contributed by atoms with Crippen LogP contribution in [0, 0.1) is 0 Å². The van der Waals surface area contributed by atoms with Crippen molar-refractivity contribution in [2.45, 2.75) is 31.4 Å². The third-order valence-corrected chi connectivity index (χ3v) is 4.69. The molecule has 0 spiro atoms. The van der Waals surface area contributed by atoms with Crippen LogP contribution >= 0.6 is 0 Å². The van der Waals surface area contributed by atoms with E-state index in [0.717, 1.165) is 30.5 Å². The number of pyridine rings is 1. The van der Waals surface area contributed by atoms with Crippen molar-refractivity contribution >= 4 is 11.6 Å². The SMILES string of the molecule is O=C(C1=NO[C@H](c2ccccc2)C1)N1CCC[C@H]1c1ccncc1. The van der Waals surface area contributed by atoms with Crippen molar-refractivity contribution in [1.82, 2.24) is 9.88 Å². The Hall–Kier alpha value is -2.69. The number of hydrogen-bond donors (Lipinski definition) is 0. The lowest BCUT2D eigenvalue weighted by atomic mass is 10.0. The van der Waals surface area contributed by atoms with Gasteiger partial charge in [-0.05, 0) is 36.1 Å². The van der Waals surface area contributed by atoms with Gasteiger partial charge in [0.05, 0.1) is 6.04 Å². The number of carbonyl (C=O) groups excluding carboxylic acids is 1. The van der Waals surface area contributed by atoms with Crippen LogP contribution in [-0.2, 0) is 9.63 Å². The summed E-state index contributed by atoms with van der Waals surface area (Å²) in [6.45, 7) is 0.765. The van der Waals surface area contributed by atoms with Crippen LogP contribution in [0.25, 0.3) is 0 Å². The van der Waals surface area contributed by atoms with Gasteiger partial charge in [0.15, 0.2) is 6.10 Å². The lowest BCUT2D eigenvalue weighted by molar-refractivity contribution is -0.125. The van der Waals surface area contributed by atoms with Crippen LogP contribution in [0.4, 0.5) is 0 Å². The molecule has 0 unspecified atom stereocenters. The summed E-state index contributed by atoms with van der Waals surface area (Å²) in [6, 6.07) is 14.0. The topological polar surface area (TPSA) is 54.8 Å². The van der Waals surface area contributed by atoms with E-state index in [2.05, 4.69) is 10.1 Å². The van der Waals surface area contributed by atoms with E-state index in [-0.39, 0.29) is 18.1 Å². The molecule has 2 aliphatic rings. The highest BCUT2D eigenvalue weighted by molar-refractivity contribution is 6.39. The molecule has 0 N–H and O–H groups in total. The van der Waals surface area contributed by atoms with Gasteiger partial charge in [-0.1, -0.05) is 35.5 Å². The van der Waals surface area contributed by atoms with E-state index < -0.39 is 0 Å². The quantitative estimate of drug-likeness (QED) is 0.872. The molecule has 4 rings (SSSR count). The fourth-order valence-corrected chi connectivity index (χ4v) is 3.46. The molecular formula is C19H19N3O2. The molecule has 0 bridgehead atoms. The number of nitrogens with zero attached hydrogens (tertiary/aromatic N) is 3. The van der Waals surface area contributed by atoms with Crippen molar-refractivity contribution in [3.63, 3.8) is 0 Å². The van der Waals surface area contributed by atoms with Gasteiger partial charge < -0.3 is 9.74 Å². The number of aromatic nitrogens is 1. The summed E-state index contributed by atoms with van der Waals surface area (Å²) >= 11 is 0. The largest absolute Gasteiger partial charge is 0.387 e. The third kappa shape index (κ3) is 2.77. The lowest BCUT2D eigenvalue weighted by Crippen LogP contribution is -2.35. The van der Waals surface area contributed by atoms with Gasteiger partial charge in [-0.3, -0.25) is 9.78 Å². The molecule has 2 aliphatic heterocycles. The predicted molar refractivity (Wildman–Crippen MR) is 90.2 cm³/mol. The fourth-order valence-electron chi connectivity index (χ4n) is 3.46. The maximum Gasteiger partial charge on any atom is 0.272 e. The van der Waals surface area contributed by atoms with E-state index in [0.29, 0.717) is 12.1 Å². The summed E-state index contributed by atoms with van der Waals surface area (Å²) < 4.78 is 0. The Balaban J connectivity index is 1.48. The van der Waals surface area contributed by atoms with Gasteiger partial charge in [0, 0.05) is 25.4 Å². The van der Waals surface area contributed by atoms with E-state index >= 15 is 0 Å². The Morgan fingerprint density at radius 1 is 1.08 bits per heavy atom. The molecule has 122 valence electrons. The first-order valence-electron chi connectivity index (χ1n) is 8.31. The van der Waals surface area contributed by atoms with Crippen molar-refractivity contribution in [1.29, 1.82) is 0 Å². The van der Waals surface area contributed by atoms with E-state index in [1.807, 2.05) is 47.4 Å². The Kier molecular flexibility index (Phi) is 3.99. The Bertz CT molecular complexity index is 746. The van der Waals surface area contributed by atoms with Crippen LogP contribution < -0.4 is 0 Å². The first-order chi connectivity index (χ1) is 11.8. The molecule has 1 aromatic carbocycles. The highest BCUT2D eigenvalue weighted by Crippen LogP contribution is 2.34. The zero-order chi connectivity index (χ0) is 16.4. The number of rotatable bonds is 3. The van der Waals surface area contributed by atoms with Crippen molar-refractivity contribution < 1.29 is 9.63 Å². The molecule has 0 radical (unpaired) electrons. The number of benzene rings is 1. The molecule has 0 saturated carbocycles. The number of amides is 1. The first-order valence-corrected chi connectivity index (χ1v) is 8.31. The summed E-state index contributed by atoms with van der Waals surface area (Å²) in [6.07, 6.45) is 5.91. The second-order valence-corrected chi connectivity index (χ2v) is 6.18. The van der Waals surface area contributed by atoms with Crippen molar-refractivity contribution in [2.24, 2.45) is 5.16 Å². The normalized spacial score (nSPS) is 23.0. The Morgan fingerprint density at radius 3 is 2.67 bits per heavy atom. The van der Waals surface area contributed by atoms with Crippen molar-refractivity contribution in [2.75, 3.05) is 6.54 Å². The molecule has 24 heavy (non-hydrogen) atoms. The summed E-state index contributed by atoms with van der Waals surface area (Å²) in [7, 11) is 0. The zero-order valence-electron chi connectivity index (χ0n) is 13.3. The van der Waals surface area contributed by atoms with Crippen LogP contribution in [0.1, 0.15) is 42.5 Å². The monoisotopic (exact) mass is 321 g/mol. The van der Waals surface area contributed by atoms with E-state index in [1.54, 1.807) is 12.4 Å². The molecular weight excluding hydrogens is 302 g/mol. The third-order valence-electron chi connectivity index (χ3n) is 4.69. The highest BCUT2D eigenvalue weighted by atomic mass is 16.6. The summed E-state index contributed by atoms with van der Waals surface area (Å²) in [4.78, 5) is 24.4. The maximum absolute atomic E-state index is 12.9. The Labute approximate surface area is 141 Å². The molecule has 5 heteroatoms. The van der Waals surface area contributed by atoms with Crippen LogP contribution in [-0.4, -0.2) is 28.0 Å². The fraction of sp³-hybridized carbons (Fsp3) is 0.316.